The number of nitrogens with zero attached hydrogens (tertiary/aromatic N) is 1. The van der Waals surface area contributed by atoms with Gasteiger partial charge in [0.2, 0.25) is 11.8 Å². The molecule has 21 heavy (non-hydrogen) atoms. The Balaban J connectivity index is 1.78. The number of rotatable bonds is 5. The molecule has 7 heteroatoms. The van der Waals surface area contributed by atoms with E-state index in [9.17, 15) is 9.59 Å². The first-order valence-corrected chi connectivity index (χ1v) is 7.14. The third-order valence-corrected chi connectivity index (χ3v) is 3.46. The molecular formula is C14H18N4O2S. The van der Waals surface area contributed by atoms with Crippen molar-refractivity contribution in [2.24, 2.45) is 5.73 Å². The van der Waals surface area contributed by atoms with Crippen LogP contribution in [-0.2, 0) is 9.59 Å². The summed E-state index contributed by atoms with van der Waals surface area (Å²) in [5, 5.41) is 5.56. The topological polar surface area (TPSA) is 87.5 Å². The first-order chi connectivity index (χ1) is 10.0. The number of hydrogen-bond donors (Lipinski definition) is 3. The minimum atomic E-state index is -0.0796. The lowest BCUT2D eigenvalue weighted by atomic mass is 10.2. The van der Waals surface area contributed by atoms with Crippen LogP contribution >= 0.6 is 12.2 Å². The molecule has 1 aromatic carbocycles. The number of benzene rings is 1. The fraction of sp³-hybridized carbons (Fsp3) is 0.357. The normalized spacial score (nSPS) is 15.3. The van der Waals surface area contributed by atoms with Gasteiger partial charge in [0.05, 0.1) is 6.54 Å². The summed E-state index contributed by atoms with van der Waals surface area (Å²) in [6.07, 6.45) is 0.352. The van der Waals surface area contributed by atoms with Gasteiger partial charge < -0.3 is 16.4 Å². The van der Waals surface area contributed by atoms with Gasteiger partial charge in [-0.05, 0) is 24.3 Å². The van der Waals surface area contributed by atoms with Crippen molar-refractivity contribution in [2.45, 2.75) is 6.42 Å². The molecule has 1 aliphatic heterocycles. The molecule has 0 aliphatic carbocycles. The monoisotopic (exact) mass is 306 g/mol. The SMILES string of the molecule is NC(=S)c1ccc(NC(=O)CCN2CCNC(=O)C2)cc1. The van der Waals surface area contributed by atoms with Crippen LogP contribution < -0.4 is 16.4 Å². The zero-order chi connectivity index (χ0) is 15.2. The van der Waals surface area contributed by atoms with Crippen LogP contribution in [0.4, 0.5) is 5.69 Å². The largest absolute Gasteiger partial charge is 0.389 e. The minimum Gasteiger partial charge on any atom is -0.389 e. The van der Waals surface area contributed by atoms with Gasteiger partial charge in [-0.25, -0.2) is 0 Å². The average Bonchev–Trinajstić information content (AvgIpc) is 2.46. The van der Waals surface area contributed by atoms with Crippen LogP contribution in [-0.4, -0.2) is 47.9 Å². The lowest BCUT2D eigenvalue weighted by Gasteiger charge is -2.25. The Morgan fingerprint density at radius 1 is 1.38 bits per heavy atom. The number of piperazine rings is 1. The van der Waals surface area contributed by atoms with Gasteiger partial charge in [-0.2, -0.15) is 0 Å². The molecule has 4 N–H and O–H groups in total. The van der Waals surface area contributed by atoms with Crippen molar-refractivity contribution >= 4 is 34.7 Å². The van der Waals surface area contributed by atoms with Gasteiger partial charge in [-0.1, -0.05) is 12.2 Å². The molecule has 0 bridgehead atoms. The molecule has 0 aromatic heterocycles. The van der Waals surface area contributed by atoms with E-state index in [1.165, 1.54) is 0 Å². The Hall–Kier alpha value is -1.99. The maximum Gasteiger partial charge on any atom is 0.234 e. The number of anilines is 1. The van der Waals surface area contributed by atoms with E-state index in [1.54, 1.807) is 24.3 Å². The Kier molecular flexibility index (Phi) is 5.24. The van der Waals surface area contributed by atoms with Crippen LogP contribution in [0.3, 0.4) is 0 Å². The fourth-order valence-corrected chi connectivity index (χ4v) is 2.22. The van der Waals surface area contributed by atoms with Crippen LogP contribution in [0.5, 0.6) is 0 Å². The second-order valence-electron chi connectivity index (χ2n) is 4.87. The molecule has 112 valence electrons. The number of thiocarbonyl (C=S) groups is 1. The van der Waals surface area contributed by atoms with Crippen molar-refractivity contribution in [2.75, 3.05) is 31.5 Å². The smallest absolute Gasteiger partial charge is 0.234 e. The van der Waals surface area contributed by atoms with Crippen LogP contribution in [0.25, 0.3) is 0 Å². The van der Waals surface area contributed by atoms with Gasteiger partial charge in [0.15, 0.2) is 0 Å². The molecule has 1 aromatic rings. The van der Waals surface area contributed by atoms with Gasteiger partial charge in [0, 0.05) is 37.3 Å². The van der Waals surface area contributed by atoms with Crippen LogP contribution in [0, 0.1) is 0 Å². The van der Waals surface area contributed by atoms with Gasteiger partial charge in [0.1, 0.15) is 4.99 Å². The molecule has 0 spiro atoms. The molecule has 2 rings (SSSR count). The van der Waals surface area contributed by atoms with E-state index >= 15 is 0 Å². The highest BCUT2D eigenvalue weighted by Gasteiger charge is 2.16. The van der Waals surface area contributed by atoms with Gasteiger partial charge in [-0.3, -0.25) is 14.5 Å². The van der Waals surface area contributed by atoms with E-state index in [-0.39, 0.29) is 11.8 Å². The van der Waals surface area contributed by atoms with Crippen molar-refractivity contribution < 1.29 is 9.59 Å². The molecule has 1 fully saturated rings. The number of amides is 2. The number of nitrogens with one attached hydrogen (secondary N) is 2. The van der Waals surface area contributed by atoms with Crippen molar-refractivity contribution in [3.8, 4) is 0 Å². The maximum absolute atomic E-state index is 11.9. The maximum atomic E-state index is 11.9. The second kappa shape index (κ2) is 7.14. The fourth-order valence-electron chi connectivity index (χ4n) is 2.08. The minimum absolute atomic E-state index is 0.00926. The highest BCUT2D eigenvalue weighted by Crippen LogP contribution is 2.10. The quantitative estimate of drug-likeness (QED) is 0.671. The standard InChI is InChI=1S/C14H18N4O2S/c15-14(21)10-1-3-11(4-2-10)17-12(19)5-7-18-8-6-16-13(20)9-18/h1-4H,5-9H2,(H2,15,21)(H,16,20)(H,17,19). The van der Waals surface area contributed by atoms with Crippen molar-refractivity contribution in [3.05, 3.63) is 29.8 Å². The molecular weight excluding hydrogens is 288 g/mol. The number of carbonyl (C=O) groups excluding carboxylic acids is 2. The summed E-state index contributed by atoms with van der Waals surface area (Å²) in [6, 6.07) is 7.07. The lowest BCUT2D eigenvalue weighted by molar-refractivity contribution is -0.125. The van der Waals surface area contributed by atoms with Crippen LogP contribution in [0.2, 0.25) is 0 Å². The van der Waals surface area contributed by atoms with E-state index in [0.717, 1.165) is 12.1 Å². The number of hydrogen-bond acceptors (Lipinski definition) is 4. The number of nitrogens with two attached hydrogens (primary N) is 1. The summed E-state index contributed by atoms with van der Waals surface area (Å²) in [6.45, 7) is 2.35. The second-order valence-corrected chi connectivity index (χ2v) is 5.31. The molecule has 0 atom stereocenters. The lowest BCUT2D eigenvalue weighted by Crippen LogP contribution is -2.48. The molecule has 0 unspecified atom stereocenters. The molecule has 6 nitrogen and oxygen atoms in total. The van der Waals surface area contributed by atoms with Crippen LogP contribution in [0.1, 0.15) is 12.0 Å². The first-order valence-electron chi connectivity index (χ1n) is 6.73. The molecule has 1 saturated heterocycles. The summed E-state index contributed by atoms with van der Waals surface area (Å²) in [7, 11) is 0. The van der Waals surface area contributed by atoms with Crippen molar-refractivity contribution in [1.29, 1.82) is 0 Å². The highest BCUT2D eigenvalue weighted by molar-refractivity contribution is 7.80. The van der Waals surface area contributed by atoms with Gasteiger partial charge in [-0.15, -0.1) is 0 Å². The Labute approximate surface area is 128 Å². The third kappa shape index (κ3) is 4.80. The molecule has 2 amide bonds. The summed E-state index contributed by atoms with van der Waals surface area (Å²) in [5.74, 6) is -0.0703. The summed E-state index contributed by atoms with van der Waals surface area (Å²) >= 11 is 4.87. The van der Waals surface area contributed by atoms with Crippen LogP contribution in [0.15, 0.2) is 24.3 Å². The average molecular weight is 306 g/mol. The van der Waals surface area contributed by atoms with Crippen molar-refractivity contribution in [1.82, 2.24) is 10.2 Å². The molecule has 1 heterocycles. The van der Waals surface area contributed by atoms with E-state index in [4.69, 9.17) is 18.0 Å². The van der Waals surface area contributed by atoms with Gasteiger partial charge >= 0.3 is 0 Å². The van der Waals surface area contributed by atoms with Crippen molar-refractivity contribution in [3.63, 3.8) is 0 Å². The third-order valence-electron chi connectivity index (χ3n) is 3.23. The Morgan fingerprint density at radius 2 is 2.10 bits per heavy atom. The summed E-state index contributed by atoms with van der Waals surface area (Å²) in [4.78, 5) is 25.4. The Morgan fingerprint density at radius 3 is 2.71 bits per heavy atom. The summed E-state index contributed by atoms with van der Waals surface area (Å²) in [5.41, 5.74) is 6.98. The van der Waals surface area contributed by atoms with E-state index in [1.807, 2.05) is 4.90 Å². The zero-order valence-corrected chi connectivity index (χ0v) is 12.4. The Bertz CT molecular complexity index is 544. The molecule has 0 saturated carbocycles. The first kappa shape index (κ1) is 15.4. The van der Waals surface area contributed by atoms with E-state index in [0.29, 0.717) is 36.7 Å². The summed E-state index contributed by atoms with van der Waals surface area (Å²) < 4.78 is 0. The van der Waals surface area contributed by atoms with E-state index < -0.39 is 0 Å². The molecule has 1 aliphatic rings. The van der Waals surface area contributed by atoms with Gasteiger partial charge in [0.25, 0.3) is 0 Å². The van der Waals surface area contributed by atoms with E-state index in [2.05, 4.69) is 10.6 Å². The molecule has 0 radical (unpaired) electrons. The number of carbonyl (C=O) groups is 2. The highest BCUT2D eigenvalue weighted by atomic mass is 32.1. The predicted molar refractivity (Wildman–Crippen MR) is 85.0 cm³/mol. The zero-order valence-electron chi connectivity index (χ0n) is 11.6. The predicted octanol–water partition coefficient (Wildman–Crippen LogP) is 0.0812.